The molecule has 6 nitrogen and oxygen atoms in total. The minimum atomic E-state index is -1.20. The number of halogens is 2. The summed E-state index contributed by atoms with van der Waals surface area (Å²) in [5.41, 5.74) is -0.762. The van der Waals surface area contributed by atoms with E-state index >= 15 is 0 Å². The molecular weight excluding hydrogens is 274 g/mol. The maximum absolute atomic E-state index is 13.5. The van der Waals surface area contributed by atoms with Gasteiger partial charge in [-0.3, -0.25) is 10.1 Å². The second-order valence-corrected chi connectivity index (χ2v) is 4.16. The highest BCUT2D eigenvalue weighted by Gasteiger charge is 2.20. The zero-order chi connectivity index (χ0) is 15.3. The number of rotatable bonds is 7. The van der Waals surface area contributed by atoms with E-state index in [4.69, 9.17) is 9.47 Å². The predicted molar refractivity (Wildman–Crippen MR) is 67.1 cm³/mol. The minimum absolute atomic E-state index is 0.00379. The summed E-state index contributed by atoms with van der Waals surface area (Å²) in [4.78, 5) is 9.71. The van der Waals surface area contributed by atoms with E-state index in [-0.39, 0.29) is 18.2 Å². The maximum atomic E-state index is 13.5. The highest BCUT2D eigenvalue weighted by atomic mass is 19.1. The van der Waals surface area contributed by atoms with Crippen molar-refractivity contribution < 1.29 is 23.2 Å². The summed E-state index contributed by atoms with van der Waals surface area (Å²) in [6.07, 6.45) is -0.548. The van der Waals surface area contributed by atoms with E-state index in [1.807, 2.05) is 0 Å². The number of hydrogen-bond donors (Lipinski definition) is 1. The first-order valence-corrected chi connectivity index (χ1v) is 5.82. The predicted octanol–water partition coefficient (Wildman–Crippen LogP) is 1.97. The highest BCUT2D eigenvalue weighted by Crippen LogP contribution is 2.21. The van der Waals surface area contributed by atoms with Crippen molar-refractivity contribution in [2.24, 2.45) is 0 Å². The van der Waals surface area contributed by atoms with Crippen molar-refractivity contribution >= 4 is 5.69 Å². The Labute approximate surface area is 114 Å². The topological polar surface area (TPSA) is 73.6 Å². The average molecular weight is 290 g/mol. The van der Waals surface area contributed by atoms with Gasteiger partial charge in [-0.05, 0) is 6.92 Å². The molecule has 0 amide bonds. The monoisotopic (exact) mass is 290 g/mol. The molecule has 1 aromatic carbocycles. The van der Waals surface area contributed by atoms with Crippen molar-refractivity contribution in [1.82, 2.24) is 5.32 Å². The van der Waals surface area contributed by atoms with E-state index in [0.717, 1.165) is 6.07 Å². The van der Waals surface area contributed by atoms with Crippen LogP contribution in [0.5, 0.6) is 0 Å². The summed E-state index contributed by atoms with van der Waals surface area (Å²) < 4.78 is 36.7. The fourth-order valence-corrected chi connectivity index (χ4v) is 1.73. The smallest absolute Gasteiger partial charge is 0.305 e. The van der Waals surface area contributed by atoms with Crippen LogP contribution in [0.25, 0.3) is 0 Å². The minimum Gasteiger partial charge on any atom is -0.354 e. The van der Waals surface area contributed by atoms with E-state index in [1.54, 1.807) is 6.92 Å². The molecule has 0 spiro atoms. The number of benzene rings is 1. The lowest BCUT2D eigenvalue weighted by Crippen LogP contribution is -2.39. The van der Waals surface area contributed by atoms with Gasteiger partial charge in [-0.1, -0.05) is 0 Å². The van der Waals surface area contributed by atoms with Gasteiger partial charge < -0.3 is 14.8 Å². The van der Waals surface area contributed by atoms with Crippen LogP contribution in [0.4, 0.5) is 14.5 Å². The van der Waals surface area contributed by atoms with Gasteiger partial charge in [0.2, 0.25) is 5.82 Å². The Bertz CT molecular complexity index is 481. The number of nitro groups is 1. The fraction of sp³-hybridized carbons (Fsp3) is 0.500. The molecule has 112 valence electrons. The van der Waals surface area contributed by atoms with Crippen LogP contribution < -0.4 is 5.32 Å². The van der Waals surface area contributed by atoms with Crippen LogP contribution in [0.1, 0.15) is 12.5 Å². The van der Waals surface area contributed by atoms with E-state index < -0.39 is 28.5 Å². The molecule has 0 aliphatic carbocycles. The van der Waals surface area contributed by atoms with Crippen molar-refractivity contribution in [1.29, 1.82) is 0 Å². The molecule has 0 bridgehead atoms. The molecule has 1 unspecified atom stereocenters. The summed E-state index contributed by atoms with van der Waals surface area (Å²) in [6.45, 7) is 1.73. The quantitative estimate of drug-likeness (QED) is 0.472. The summed E-state index contributed by atoms with van der Waals surface area (Å²) in [5, 5.41) is 13.5. The lowest BCUT2D eigenvalue weighted by Gasteiger charge is -2.22. The third kappa shape index (κ3) is 3.92. The number of nitrogens with zero attached hydrogens (tertiary/aromatic N) is 1. The molecule has 20 heavy (non-hydrogen) atoms. The van der Waals surface area contributed by atoms with Crippen molar-refractivity contribution in [3.05, 3.63) is 39.4 Å². The number of nitro benzene ring substituents is 1. The maximum Gasteiger partial charge on any atom is 0.305 e. The Kier molecular flexibility index (Phi) is 5.93. The molecule has 0 heterocycles. The van der Waals surface area contributed by atoms with Gasteiger partial charge in [-0.15, -0.1) is 0 Å². The van der Waals surface area contributed by atoms with Crippen LogP contribution in [-0.2, 0) is 16.0 Å². The first-order chi connectivity index (χ1) is 9.40. The molecule has 0 saturated heterocycles. The van der Waals surface area contributed by atoms with Crippen molar-refractivity contribution in [3.63, 3.8) is 0 Å². The molecule has 0 aromatic heterocycles. The average Bonchev–Trinajstić information content (AvgIpc) is 2.38. The van der Waals surface area contributed by atoms with Gasteiger partial charge in [0.25, 0.3) is 0 Å². The fourth-order valence-electron chi connectivity index (χ4n) is 1.73. The molecule has 1 N–H and O–H groups in total. The first kappa shape index (κ1) is 16.4. The molecule has 0 radical (unpaired) electrons. The third-order valence-corrected chi connectivity index (χ3v) is 2.80. The van der Waals surface area contributed by atoms with Gasteiger partial charge in [0.1, 0.15) is 5.82 Å². The molecule has 0 fully saturated rings. The molecule has 0 saturated carbocycles. The van der Waals surface area contributed by atoms with Gasteiger partial charge in [0.15, 0.2) is 6.29 Å². The number of hydrogen-bond acceptors (Lipinski definition) is 5. The zero-order valence-electron chi connectivity index (χ0n) is 11.4. The van der Waals surface area contributed by atoms with E-state index in [9.17, 15) is 18.9 Å². The van der Waals surface area contributed by atoms with Gasteiger partial charge in [0, 0.05) is 38.5 Å². The number of methoxy groups -OCH3 is 2. The molecule has 1 atom stereocenters. The molecular formula is C12H16F2N2O4. The van der Waals surface area contributed by atoms with Gasteiger partial charge in [-0.25, -0.2) is 4.39 Å². The van der Waals surface area contributed by atoms with Crippen molar-refractivity contribution in [2.45, 2.75) is 25.8 Å². The second kappa shape index (κ2) is 7.22. The van der Waals surface area contributed by atoms with Crippen LogP contribution in [-0.4, -0.2) is 31.5 Å². The molecule has 1 rings (SSSR count). The normalized spacial score (nSPS) is 12.7. The lowest BCUT2D eigenvalue weighted by molar-refractivity contribution is -0.387. The molecule has 8 heteroatoms. The zero-order valence-corrected chi connectivity index (χ0v) is 11.4. The van der Waals surface area contributed by atoms with E-state index in [1.165, 1.54) is 14.2 Å². The van der Waals surface area contributed by atoms with Crippen molar-refractivity contribution in [3.8, 4) is 0 Å². The Hall–Kier alpha value is -1.64. The summed E-state index contributed by atoms with van der Waals surface area (Å²) in [6, 6.07) is 1.09. The van der Waals surface area contributed by atoms with Crippen LogP contribution >= 0.6 is 0 Å². The number of nitrogens with one attached hydrogen (secondary N) is 1. The Morgan fingerprint density at radius 2 is 1.90 bits per heavy atom. The Morgan fingerprint density at radius 1 is 1.30 bits per heavy atom. The third-order valence-electron chi connectivity index (χ3n) is 2.80. The van der Waals surface area contributed by atoms with Crippen LogP contribution in [0.15, 0.2) is 12.1 Å². The van der Waals surface area contributed by atoms with Gasteiger partial charge in [0.05, 0.1) is 11.0 Å². The van der Waals surface area contributed by atoms with Gasteiger partial charge in [-0.2, -0.15) is 4.39 Å². The summed E-state index contributed by atoms with van der Waals surface area (Å²) in [5.74, 6) is -2.05. The van der Waals surface area contributed by atoms with Crippen molar-refractivity contribution in [2.75, 3.05) is 14.2 Å². The highest BCUT2D eigenvalue weighted by molar-refractivity contribution is 5.37. The van der Waals surface area contributed by atoms with Crippen LogP contribution in [0.3, 0.4) is 0 Å². The van der Waals surface area contributed by atoms with E-state index in [0.29, 0.717) is 6.07 Å². The molecule has 0 aliphatic heterocycles. The van der Waals surface area contributed by atoms with Crippen LogP contribution in [0, 0.1) is 21.7 Å². The number of ether oxygens (including phenoxy) is 2. The van der Waals surface area contributed by atoms with E-state index in [2.05, 4.69) is 5.32 Å². The van der Waals surface area contributed by atoms with Gasteiger partial charge >= 0.3 is 5.69 Å². The molecule has 0 aliphatic rings. The first-order valence-electron chi connectivity index (χ1n) is 5.82. The SMILES string of the molecule is COC(OC)C(C)NCc1cc([N+](=O)[O-])c(F)cc1F. The Balaban J connectivity index is 2.82. The second-order valence-electron chi connectivity index (χ2n) is 4.16. The molecule has 1 aromatic rings. The lowest BCUT2D eigenvalue weighted by atomic mass is 10.1. The largest absolute Gasteiger partial charge is 0.354 e. The standard InChI is InChI=1S/C12H16F2N2O4/c1-7(12(19-2)20-3)15-6-8-4-11(16(17)18)10(14)5-9(8)13/h4-5,7,12,15H,6H2,1-3H3. The summed E-state index contributed by atoms with van der Waals surface area (Å²) >= 11 is 0. The van der Waals surface area contributed by atoms with Crippen LogP contribution in [0.2, 0.25) is 0 Å². The Morgan fingerprint density at radius 3 is 2.40 bits per heavy atom. The summed E-state index contributed by atoms with van der Waals surface area (Å²) in [7, 11) is 2.91.